The summed E-state index contributed by atoms with van der Waals surface area (Å²) >= 11 is 0. The third kappa shape index (κ3) is 2.39. The Kier molecular flexibility index (Phi) is 3.56. The van der Waals surface area contributed by atoms with Crippen LogP contribution in [0.2, 0.25) is 0 Å². The Morgan fingerprint density at radius 2 is 2.05 bits per heavy atom. The minimum atomic E-state index is 0.131. The van der Waals surface area contributed by atoms with Gasteiger partial charge < -0.3 is 10.2 Å². The van der Waals surface area contributed by atoms with Gasteiger partial charge in [0.25, 0.3) is 0 Å². The Hall–Kier alpha value is -1.35. The molecule has 1 amide bonds. The highest BCUT2D eigenvalue weighted by Crippen LogP contribution is 2.36. The van der Waals surface area contributed by atoms with E-state index in [1.54, 1.807) is 0 Å². The molecule has 1 heterocycles. The minimum Gasteiger partial charge on any atom is -0.342 e. The predicted octanol–water partition coefficient (Wildman–Crippen LogP) is 1.93. The Morgan fingerprint density at radius 1 is 1.32 bits per heavy atom. The molecule has 1 N–H and O–H groups in total. The number of benzene rings is 1. The van der Waals surface area contributed by atoms with E-state index >= 15 is 0 Å². The predicted molar refractivity (Wildman–Crippen MR) is 76.2 cm³/mol. The fourth-order valence-electron chi connectivity index (χ4n) is 3.29. The monoisotopic (exact) mass is 258 g/mol. The summed E-state index contributed by atoms with van der Waals surface area (Å²) in [4.78, 5) is 14.6. The van der Waals surface area contributed by atoms with Crippen molar-refractivity contribution >= 4 is 5.91 Å². The Bertz CT molecular complexity index is 464. The summed E-state index contributed by atoms with van der Waals surface area (Å²) in [5, 5.41) is 3.48. The Labute approximate surface area is 115 Å². The second kappa shape index (κ2) is 5.33. The molecule has 19 heavy (non-hydrogen) atoms. The number of nitrogens with zero attached hydrogens (tertiary/aromatic N) is 1. The van der Waals surface area contributed by atoms with Crippen molar-refractivity contribution in [2.24, 2.45) is 0 Å². The summed E-state index contributed by atoms with van der Waals surface area (Å²) < 4.78 is 0. The van der Waals surface area contributed by atoms with Gasteiger partial charge in [0.05, 0.1) is 5.92 Å². The van der Waals surface area contributed by atoms with E-state index in [0.717, 1.165) is 38.9 Å². The van der Waals surface area contributed by atoms with Gasteiger partial charge in [-0.2, -0.15) is 0 Å². The maximum atomic E-state index is 12.5. The minimum absolute atomic E-state index is 0.131. The quantitative estimate of drug-likeness (QED) is 0.898. The van der Waals surface area contributed by atoms with Crippen LogP contribution in [0.4, 0.5) is 0 Å². The van der Waals surface area contributed by atoms with Crippen molar-refractivity contribution in [3.63, 3.8) is 0 Å². The molecule has 0 spiro atoms. The zero-order valence-electron chi connectivity index (χ0n) is 11.6. The van der Waals surface area contributed by atoms with Crippen LogP contribution in [0.5, 0.6) is 0 Å². The molecule has 1 aliphatic heterocycles. The fraction of sp³-hybridized carbons (Fsp3) is 0.562. The number of amides is 1. The molecule has 1 atom stereocenters. The molecule has 102 valence electrons. The van der Waals surface area contributed by atoms with E-state index in [2.05, 4.69) is 35.3 Å². The highest BCUT2D eigenvalue weighted by molar-refractivity contribution is 5.87. The number of likely N-dealkylation sites (tertiary alicyclic amines) is 1. The van der Waals surface area contributed by atoms with E-state index in [9.17, 15) is 4.79 Å². The van der Waals surface area contributed by atoms with Crippen molar-refractivity contribution in [3.8, 4) is 0 Å². The molecule has 1 aromatic carbocycles. The van der Waals surface area contributed by atoms with Crippen LogP contribution >= 0.6 is 0 Å². The maximum absolute atomic E-state index is 12.5. The third-order valence-corrected chi connectivity index (χ3v) is 4.45. The zero-order chi connectivity index (χ0) is 13.2. The number of carbonyl (C=O) groups excluding carboxylic acids is 1. The number of rotatable bonds is 3. The van der Waals surface area contributed by atoms with Crippen LogP contribution in [-0.2, 0) is 11.2 Å². The Balaban J connectivity index is 1.59. The lowest BCUT2D eigenvalue weighted by molar-refractivity contribution is -0.134. The third-order valence-electron chi connectivity index (χ3n) is 4.45. The number of hydrogen-bond donors (Lipinski definition) is 1. The molecule has 1 fully saturated rings. The SMILES string of the molecule is CCNC1CCN(C(=O)C2Cc3ccccc32)CC1. The lowest BCUT2D eigenvalue weighted by Crippen LogP contribution is -2.47. The first-order valence-electron chi connectivity index (χ1n) is 7.39. The molecular formula is C16H22N2O. The van der Waals surface area contributed by atoms with Crippen molar-refractivity contribution in [1.29, 1.82) is 0 Å². The molecule has 1 aliphatic carbocycles. The summed E-state index contributed by atoms with van der Waals surface area (Å²) in [5.74, 6) is 0.473. The maximum Gasteiger partial charge on any atom is 0.230 e. The van der Waals surface area contributed by atoms with E-state index in [0.29, 0.717) is 11.9 Å². The molecule has 3 rings (SSSR count). The van der Waals surface area contributed by atoms with Gasteiger partial charge in [-0.1, -0.05) is 31.2 Å². The highest BCUT2D eigenvalue weighted by Gasteiger charge is 2.35. The smallest absolute Gasteiger partial charge is 0.230 e. The number of hydrogen-bond acceptors (Lipinski definition) is 2. The summed E-state index contributed by atoms with van der Waals surface area (Å²) in [6, 6.07) is 8.93. The number of piperidine rings is 1. The molecule has 1 aromatic rings. The highest BCUT2D eigenvalue weighted by atomic mass is 16.2. The van der Waals surface area contributed by atoms with E-state index < -0.39 is 0 Å². The molecule has 1 saturated heterocycles. The van der Waals surface area contributed by atoms with Gasteiger partial charge in [-0.3, -0.25) is 4.79 Å². The summed E-state index contributed by atoms with van der Waals surface area (Å²) in [7, 11) is 0. The summed E-state index contributed by atoms with van der Waals surface area (Å²) in [5.41, 5.74) is 2.60. The summed E-state index contributed by atoms with van der Waals surface area (Å²) in [6.07, 6.45) is 3.12. The van der Waals surface area contributed by atoms with Gasteiger partial charge in [0.15, 0.2) is 0 Å². The lowest BCUT2D eigenvalue weighted by atomic mass is 9.76. The molecule has 3 heteroatoms. The normalized spacial score (nSPS) is 22.8. The molecule has 0 aromatic heterocycles. The first-order chi connectivity index (χ1) is 9.29. The fourth-order valence-corrected chi connectivity index (χ4v) is 3.29. The molecule has 0 bridgehead atoms. The van der Waals surface area contributed by atoms with Crippen molar-refractivity contribution in [2.45, 2.75) is 38.1 Å². The topological polar surface area (TPSA) is 32.3 Å². The molecule has 3 nitrogen and oxygen atoms in total. The van der Waals surface area contributed by atoms with Crippen LogP contribution in [-0.4, -0.2) is 36.5 Å². The van der Waals surface area contributed by atoms with E-state index in [-0.39, 0.29) is 5.92 Å². The zero-order valence-corrected chi connectivity index (χ0v) is 11.6. The molecule has 2 aliphatic rings. The first-order valence-corrected chi connectivity index (χ1v) is 7.39. The lowest BCUT2D eigenvalue weighted by Gasteiger charge is -2.38. The van der Waals surface area contributed by atoms with Crippen molar-refractivity contribution < 1.29 is 4.79 Å². The van der Waals surface area contributed by atoms with Gasteiger partial charge in [0, 0.05) is 19.1 Å². The van der Waals surface area contributed by atoms with E-state index in [1.165, 1.54) is 11.1 Å². The molecule has 0 saturated carbocycles. The average Bonchev–Trinajstić information content (AvgIpc) is 2.41. The number of fused-ring (bicyclic) bond motifs is 1. The second-order valence-electron chi connectivity index (χ2n) is 5.61. The number of carbonyl (C=O) groups is 1. The molecule has 0 radical (unpaired) electrons. The van der Waals surface area contributed by atoms with Gasteiger partial charge >= 0.3 is 0 Å². The van der Waals surface area contributed by atoms with Crippen LogP contribution in [0, 0.1) is 0 Å². The van der Waals surface area contributed by atoms with Crippen LogP contribution in [0.3, 0.4) is 0 Å². The van der Waals surface area contributed by atoms with E-state index in [4.69, 9.17) is 0 Å². The largest absolute Gasteiger partial charge is 0.342 e. The summed E-state index contributed by atoms with van der Waals surface area (Å²) in [6.45, 7) is 4.99. The van der Waals surface area contributed by atoms with Crippen LogP contribution in [0.1, 0.15) is 36.8 Å². The van der Waals surface area contributed by atoms with E-state index in [1.807, 2.05) is 6.07 Å². The average molecular weight is 258 g/mol. The van der Waals surface area contributed by atoms with Crippen molar-refractivity contribution in [2.75, 3.05) is 19.6 Å². The van der Waals surface area contributed by atoms with Crippen LogP contribution < -0.4 is 5.32 Å². The number of nitrogens with one attached hydrogen (secondary N) is 1. The second-order valence-corrected chi connectivity index (χ2v) is 5.61. The molecular weight excluding hydrogens is 236 g/mol. The van der Waals surface area contributed by atoms with Crippen molar-refractivity contribution in [3.05, 3.63) is 35.4 Å². The van der Waals surface area contributed by atoms with Crippen LogP contribution in [0.25, 0.3) is 0 Å². The van der Waals surface area contributed by atoms with Gasteiger partial charge in [0.2, 0.25) is 5.91 Å². The van der Waals surface area contributed by atoms with Gasteiger partial charge in [0.1, 0.15) is 0 Å². The van der Waals surface area contributed by atoms with Crippen molar-refractivity contribution in [1.82, 2.24) is 10.2 Å². The van der Waals surface area contributed by atoms with Gasteiger partial charge in [-0.15, -0.1) is 0 Å². The standard InChI is InChI=1S/C16H22N2O/c1-2-17-13-7-9-18(10-8-13)16(19)15-11-12-5-3-4-6-14(12)15/h3-6,13,15,17H,2,7-11H2,1H3. The Morgan fingerprint density at radius 3 is 2.74 bits per heavy atom. The molecule has 1 unspecified atom stereocenters. The van der Waals surface area contributed by atoms with Crippen LogP contribution in [0.15, 0.2) is 24.3 Å². The van der Waals surface area contributed by atoms with Gasteiger partial charge in [-0.25, -0.2) is 0 Å². The first kappa shape index (κ1) is 12.7. The van der Waals surface area contributed by atoms with Gasteiger partial charge in [-0.05, 0) is 36.9 Å².